The van der Waals surface area contributed by atoms with E-state index in [4.69, 9.17) is 18.9 Å². The standard InChI is InChI=1S/C23H28BrNO6/c1-28-18-8-7-16(24)12-17(18)21(25-9-5-6-14(13-25)23(26)27)15-10-19(29-2)22(31-4)20(11-15)30-3/h7-8,10-12,14,21H,5-6,9,13H2,1-4H3,(H,26,27). The average molecular weight is 494 g/mol. The van der Waals surface area contributed by atoms with Crippen molar-refractivity contribution in [2.45, 2.75) is 18.9 Å². The van der Waals surface area contributed by atoms with Gasteiger partial charge < -0.3 is 24.1 Å². The summed E-state index contributed by atoms with van der Waals surface area (Å²) in [5.41, 5.74) is 1.83. The van der Waals surface area contributed by atoms with Crippen molar-refractivity contribution >= 4 is 21.9 Å². The van der Waals surface area contributed by atoms with Gasteiger partial charge in [-0.15, -0.1) is 0 Å². The maximum atomic E-state index is 11.7. The van der Waals surface area contributed by atoms with Gasteiger partial charge in [-0.2, -0.15) is 0 Å². The first-order valence-corrected chi connectivity index (χ1v) is 10.8. The van der Waals surface area contributed by atoms with Gasteiger partial charge in [0.05, 0.1) is 40.4 Å². The second-order valence-electron chi connectivity index (χ2n) is 7.42. The predicted molar refractivity (Wildman–Crippen MR) is 121 cm³/mol. The van der Waals surface area contributed by atoms with Crippen molar-refractivity contribution in [2.75, 3.05) is 41.5 Å². The van der Waals surface area contributed by atoms with Crippen LogP contribution >= 0.6 is 15.9 Å². The van der Waals surface area contributed by atoms with Gasteiger partial charge in [-0.3, -0.25) is 9.69 Å². The molecule has 168 valence electrons. The monoisotopic (exact) mass is 493 g/mol. The van der Waals surface area contributed by atoms with Gasteiger partial charge in [0, 0.05) is 16.6 Å². The van der Waals surface area contributed by atoms with Crippen LogP contribution in [0.2, 0.25) is 0 Å². The van der Waals surface area contributed by atoms with Crippen LogP contribution in [-0.2, 0) is 4.79 Å². The number of piperidine rings is 1. The summed E-state index contributed by atoms with van der Waals surface area (Å²) in [6, 6.07) is 9.40. The number of hydrogen-bond donors (Lipinski definition) is 1. The third kappa shape index (κ3) is 4.91. The normalized spacial score (nSPS) is 17.6. The van der Waals surface area contributed by atoms with E-state index >= 15 is 0 Å². The van der Waals surface area contributed by atoms with Crippen molar-refractivity contribution in [1.29, 1.82) is 0 Å². The Morgan fingerprint density at radius 1 is 1.03 bits per heavy atom. The van der Waals surface area contributed by atoms with E-state index < -0.39 is 11.9 Å². The minimum Gasteiger partial charge on any atom is -0.496 e. The number of rotatable bonds is 8. The van der Waals surface area contributed by atoms with Crippen molar-refractivity contribution in [1.82, 2.24) is 4.90 Å². The molecule has 31 heavy (non-hydrogen) atoms. The lowest BCUT2D eigenvalue weighted by molar-refractivity contribution is -0.143. The molecular formula is C23H28BrNO6. The molecule has 1 heterocycles. The third-order valence-electron chi connectivity index (χ3n) is 5.66. The lowest BCUT2D eigenvalue weighted by Crippen LogP contribution is -2.41. The van der Waals surface area contributed by atoms with Crippen molar-refractivity contribution < 1.29 is 28.8 Å². The van der Waals surface area contributed by atoms with Crippen molar-refractivity contribution in [2.24, 2.45) is 5.92 Å². The zero-order valence-corrected chi connectivity index (χ0v) is 19.8. The number of carboxylic acids is 1. The van der Waals surface area contributed by atoms with Gasteiger partial charge in [-0.25, -0.2) is 0 Å². The first kappa shape index (κ1) is 23.2. The predicted octanol–water partition coefficient (Wildman–Crippen LogP) is 4.37. The molecule has 1 aliphatic rings. The Labute approximate surface area is 191 Å². The van der Waals surface area contributed by atoms with Gasteiger partial charge in [-0.05, 0) is 55.3 Å². The summed E-state index contributed by atoms with van der Waals surface area (Å²) in [4.78, 5) is 13.9. The fraction of sp³-hybridized carbons (Fsp3) is 0.435. The number of halogens is 1. The van der Waals surface area contributed by atoms with E-state index in [0.29, 0.717) is 30.2 Å². The molecule has 0 radical (unpaired) electrons. The van der Waals surface area contributed by atoms with Gasteiger partial charge in [-0.1, -0.05) is 15.9 Å². The highest BCUT2D eigenvalue weighted by atomic mass is 79.9. The van der Waals surface area contributed by atoms with Crippen LogP contribution in [0.4, 0.5) is 0 Å². The second kappa shape index (κ2) is 10.2. The van der Waals surface area contributed by atoms with E-state index in [2.05, 4.69) is 20.8 Å². The largest absolute Gasteiger partial charge is 0.496 e. The molecular weight excluding hydrogens is 466 g/mol. The Morgan fingerprint density at radius 2 is 1.68 bits per heavy atom. The average Bonchev–Trinajstić information content (AvgIpc) is 2.78. The van der Waals surface area contributed by atoms with Crippen LogP contribution in [0.1, 0.15) is 30.0 Å². The van der Waals surface area contributed by atoms with Gasteiger partial charge in [0.15, 0.2) is 11.5 Å². The summed E-state index contributed by atoms with van der Waals surface area (Å²) in [6.07, 6.45) is 1.47. The van der Waals surface area contributed by atoms with Crippen LogP contribution in [0.3, 0.4) is 0 Å². The molecule has 3 rings (SSSR count). The summed E-state index contributed by atoms with van der Waals surface area (Å²) < 4.78 is 23.2. The molecule has 2 atom stereocenters. The van der Waals surface area contributed by atoms with Crippen molar-refractivity contribution in [3.8, 4) is 23.0 Å². The molecule has 0 bridgehead atoms. The molecule has 2 unspecified atom stereocenters. The molecule has 7 nitrogen and oxygen atoms in total. The molecule has 0 amide bonds. The minimum absolute atomic E-state index is 0.261. The smallest absolute Gasteiger partial charge is 0.307 e. The van der Waals surface area contributed by atoms with Gasteiger partial charge in [0.1, 0.15) is 5.75 Å². The quantitative estimate of drug-likeness (QED) is 0.584. The fourth-order valence-electron chi connectivity index (χ4n) is 4.21. The number of ether oxygens (including phenoxy) is 4. The molecule has 2 aromatic rings. The summed E-state index contributed by atoms with van der Waals surface area (Å²) in [6.45, 7) is 1.20. The number of aliphatic carboxylic acids is 1. The summed E-state index contributed by atoms with van der Waals surface area (Å²) >= 11 is 3.57. The zero-order valence-electron chi connectivity index (χ0n) is 18.2. The highest BCUT2D eigenvalue weighted by molar-refractivity contribution is 9.10. The van der Waals surface area contributed by atoms with Gasteiger partial charge in [0.25, 0.3) is 0 Å². The first-order chi connectivity index (χ1) is 14.9. The first-order valence-electron chi connectivity index (χ1n) is 10.0. The molecule has 1 N–H and O–H groups in total. The summed E-state index contributed by atoms with van der Waals surface area (Å²) in [5, 5.41) is 9.64. The van der Waals surface area contributed by atoms with Crippen LogP contribution in [0, 0.1) is 5.92 Å². The molecule has 1 aliphatic heterocycles. The fourth-order valence-corrected chi connectivity index (χ4v) is 4.59. The Kier molecular flexibility index (Phi) is 7.67. The molecule has 0 spiro atoms. The maximum Gasteiger partial charge on any atom is 0.307 e. The molecule has 0 aliphatic carbocycles. The molecule has 1 fully saturated rings. The highest BCUT2D eigenvalue weighted by Gasteiger charge is 2.34. The van der Waals surface area contributed by atoms with E-state index in [1.54, 1.807) is 28.4 Å². The number of likely N-dealkylation sites (tertiary alicyclic amines) is 1. The van der Waals surface area contributed by atoms with Crippen LogP contribution < -0.4 is 18.9 Å². The Morgan fingerprint density at radius 3 is 2.23 bits per heavy atom. The molecule has 8 heteroatoms. The number of methoxy groups -OCH3 is 4. The maximum absolute atomic E-state index is 11.7. The highest BCUT2D eigenvalue weighted by Crippen LogP contribution is 2.45. The molecule has 2 aromatic carbocycles. The number of nitrogens with zero attached hydrogens (tertiary/aromatic N) is 1. The van der Waals surface area contributed by atoms with Crippen LogP contribution in [0.15, 0.2) is 34.8 Å². The van der Waals surface area contributed by atoms with E-state index in [9.17, 15) is 9.90 Å². The zero-order chi connectivity index (χ0) is 22.5. The van der Waals surface area contributed by atoms with E-state index in [0.717, 1.165) is 34.3 Å². The second-order valence-corrected chi connectivity index (χ2v) is 8.34. The van der Waals surface area contributed by atoms with Gasteiger partial charge in [0.2, 0.25) is 5.75 Å². The van der Waals surface area contributed by atoms with Crippen LogP contribution in [0.5, 0.6) is 23.0 Å². The lowest BCUT2D eigenvalue weighted by Gasteiger charge is -2.38. The number of benzene rings is 2. The van der Waals surface area contributed by atoms with E-state index in [1.165, 1.54) is 0 Å². The Hall–Kier alpha value is -2.45. The number of carbonyl (C=O) groups is 1. The van der Waals surface area contributed by atoms with Gasteiger partial charge >= 0.3 is 5.97 Å². The summed E-state index contributed by atoms with van der Waals surface area (Å²) in [5.74, 6) is 1.13. The number of carboxylic acid groups (broad SMARTS) is 1. The van der Waals surface area contributed by atoms with Crippen LogP contribution in [-0.4, -0.2) is 57.5 Å². The van der Waals surface area contributed by atoms with E-state index in [1.807, 2.05) is 30.3 Å². The Balaban J connectivity index is 2.20. The molecule has 1 saturated heterocycles. The molecule has 0 aromatic heterocycles. The van der Waals surface area contributed by atoms with Crippen molar-refractivity contribution in [3.05, 3.63) is 45.9 Å². The topological polar surface area (TPSA) is 77.5 Å². The summed E-state index contributed by atoms with van der Waals surface area (Å²) in [7, 11) is 6.36. The SMILES string of the molecule is COc1ccc(Br)cc1C(c1cc(OC)c(OC)c(OC)c1)N1CCCC(C(=O)O)C1. The van der Waals surface area contributed by atoms with Crippen molar-refractivity contribution in [3.63, 3.8) is 0 Å². The van der Waals surface area contributed by atoms with E-state index in [-0.39, 0.29) is 6.04 Å². The Bertz CT molecular complexity index is 909. The number of hydrogen-bond acceptors (Lipinski definition) is 6. The lowest BCUT2D eigenvalue weighted by atomic mass is 9.90. The molecule has 0 saturated carbocycles. The van der Waals surface area contributed by atoms with Crippen LogP contribution in [0.25, 0.3) is 0 Å². The third-order valence-corrected chi connectivity index (χ3v) is 6.15. The minimum atomic E-state index is -0.769.